The summed E-state index contributed by atoms with van der Waals surface area (Å²) >= 11 is 0. The van der Waals surface area contributed by atoms with Crippen molar-refractivity contribution in [3.63, 3.8) is 0 Å². The van der Waals surface area contributed by atoms with Crippen molar-refractivity contribution in [2.75, 3.05) is 32.8 Å². The van der Waals surface area contributed by atoms with Crippen LogP contribution < -0.4 is 5.32 Å². The Kier molecular flexibility index (Phi) is 6.03. The van der Waals surface area contributed by atoms with E-state index >= 15 is 0 Å². The van der Waals surface area contributed by atoms with E-state index in [2.05, 4.69) is 27.5 Å². The molecule has 2 aromatic carbocycles. The van der Waals surface area contributed by atoms with Gasteiger partial charge in [0.2, 0.25) is 0 Å². The summed E-state index contributed by atoms with van der Waals surface area (Å²) in [6, 6.07) is 20.0. The maximum absolute atomic E-state index is 13.1. The van der Waals surface area contributed by atoms with Crippen LogP contribution in [0.5, 0.6) is 0 Å². The Morgan fingerprint density at radius 1 is 1.07 bits per heavy atom. The van der Waals surface area contributed by atoms with Gasteiger partial charge in [-0.1, -0.05) is 65.8 Å². The van der Waals surface area contributed by atoms with Gasteiger partial charge in [0.1, 0.15) is 17.0 Å². The minimum Gasteiger partial charge on any atom is -0.379 e. The van der Waals surface area contributed by atoms with E-state index in [1.165, 1.54) is 5.56 Å². The monoisotopic (exact) mass is 391 g/mol. The third kappa shape index (κ3) is 4.39. The van der Waals surface area contributed by atoms with E-state index in [1.54, 1.807) is 6.92 Å². The van der Waals surface area contributed by atoms with E-state index < -0.39 is 0 Å². The topological polar surface area (TPSA) is 67.6 Å². The van der Waals surface area contributed by atoms with Gasteiger partial charge < -0.3 is 14.6 Å². The molecule has 2 heterocycles. The molecule has 6 heteroatoms. The van der Waals surface area contributed by atoms with Crippen LogP contribution in [-0.4, -0.2) is 48.8 Å². The number of benzene rings is 2. The molecule has 1 amide bonds. The Morgan fingerprint density at radius 2 is 1.72 bits per heavy atom. The van der Waals surface area contributed by atoms with E-state index in [-0.39, 0.29) is 11.9 Å². The summed E-state index contributed by atoms with van der Waals surface area (Å²) in [6.07, 6.45) is 0. The number of carbonyl (C=O) groups is 1. The second-order valence-corrected chi connectivity index (χ2v) is 7.11. The predicted octanol–water partition coefficient (Wildman–Crippen LogP) is 3.45. The van der Waals surface area contributed by atoms with Gasteiger partial charge in [0.05, 0.1) is 19.3 Å². The maximum Gasteiger partial charge on any atom is 0.257 e. The molecule has 3 aromatic rings. The Labute approximate surface area is 170 Å². The van der Waals surface area contributed by atoms with Crippen LogP contribution in [0.2, 0.25) is 0 Å². The molecule has 1 aliphatic heterocycles. The van der Waals surface area contributed by atoms with Crippen LogP contribution in [-0.2, 0) is 4.74 Å². The van der Waals surface area contributed by atoms with Crippen molar-refractivity contribution in [2.45, 2.75) is 13.0 Å². The third-order valence-corrected chi connectivity index (χ3v) is 5.26. The number of hydrogen-bond donors (Lipinski definition) is 1. The van der Waals surface area contributed by atoms with E-state index in [0.717, 1.165) is 18.7 Å². The molecule has 0 spiro atoms. The molecule has 4 rings (SSSR count). The van der Waals surface area contributed by atoms with Gasteiger partial charge in [-0.15, -0.1) is 0 Å². The summed E-state index contributed by atoms with van der Waals surface area (Å²) in [4.78, 5) is 15.4. The molecular weight excluding hydrogens is 366 g/mol. The van der Waals surface area contributed by atoms with Gasteiger partial charge in [-0.2, -0.15) is 0 Å². The Balaban J connectivity index is 1.54. The lowest BCUT2D eigenvalue weighted by molar-refractivity contribution is 0.0162. The molecule has 150 valence electrons. The zero-order valence-electron chi connectivity index (χ0n) is 16.5. The van der Waals surface area contributed by atoms with E-state index in [9.17, 15) is 4.79 Å². The van der Waals surface area contributed by atoms with Crippen molar-refractivity contribution < 1.29 is 14.1 Å². The number of rotatable bonds is 6. The molecule has 1 aliphatic rings. The molecule has 1 fully saturated rings. The first-order valence-electron chi connectivity index (χ1n) is 9.90. The average Bonchev–Trinajstić information content (AvgIpc) is 3.17. The Hall–Kier alpha value is -2.96. The van der Waals surface area contributed by atoms with Crippen LogP contribution in [0, 0.1) is 6.92 Å². The molecule has 1 unspecified atom stereocenters. The molecule has 1 atom stereocenters. The van der Waals surface area contributed by atoms with Crippen LogP contribution >= 0.6 is 0 Å². The number of aromatic nitrogens is 1. The lowest BCUT2D eigenvalue weighted by Gasteiger charge is -2.34. The molecule has 0 saturated carbocycles. The zero-order valence-corrected chi connectivity index (χ0v) is 16.5. The largest absolute Gasteiger partial charge is 0.379 e. The summed E-state index contributed by atoms with van der Waals surface area (Å²) in [5.41, 5.74) is 3.11. The number of ether oxygens (including phenoxy) is 1. The van der Waals surface area contributed by atoms with Gasteiger partial charge in [-0.3, -0.25) is 9.69 Å². The molecule has 1 N–H and O–H groups in total. The normalized spacial score (nSPS) is 15.8. The quantitative estimate of drug-likeness (QED) is 0.697. The molecule has 0 aliphatic carbocycles. The summed E-state index contributed by atoms with van der Waals surface area (Å²) in [6.45, 7) is 5.38. The zero-order chi connectivity index (χ0) is 20.1. The maximum atomic E-state index is 13.1. The first-order chi connectivity index (χ1) is 14.2. The summed E-state index contributed by atoms with van der Waals surface area (Å²) in [5, 5.41) is 7.23. The predicted molar refractivity (Wildman–Crippen MR) is 111 cm³/mol. The van der Waals surface area contributed by atoms with E-state index in [1.807, 2.05) is 48.5 Å². The number of hydrogen-bond acceptors (Lipinski definition) is 5. The molecule has 1 saturated heterocycles. The number of morpholine rings is 1. The number of amides is 1. The van der Waals surface area contributed by atoms with E-state index in [0.29, 0.717) is 36.8 Å². The van der Waals surface area contributed by atoms with Crippen LogP contribution in [0.3, 0.4) is 0 Å². The number of nitrogens with one attached hydrogen (secondary N) is 1. The lowest BCUT2D eigenvalue weighted by Crippen LogP contribution is -2.43. The van der Waals surface area contributed by atoms with Gasteiger partial charge in [-0.05, 0) is 12.5 Å². The van der Waals surface area contributed by atoms with Crippen molar-refractivity contribution in [1.82, 2.24) is 15.4 Å². The van der Waals surface area contributed by atoms with Crippen molar-refractivity contribution >= 4 is 5.91 Å². The summed E-state index contributed by atoms with van der Waals surface area (Å²) < 4.78 is 10.8. The summed E-state index contributed by atoms with van der Waals surface area (Å²) in [7, 11) is 0. The van der Waals surface area contributed by atoms with Crippen molar-refractivity contribution in [3.8, 4) is 11.3 Å². The molecular formula is C23H25N3O3. The minimum absolute atomic E-state index is 0.0874. The van der Waals surface area contributed by atoms with Gasteiger partial charge in [-0.25, -0.2) is 0 Å². The highest BCUT2D eigenvalue weighted by atomic mass is 16.5. The van der Waals surface area contributed by atoms with E-state index in [4.69, 9.17) is 9.26 Å². The highest BCUT2D eigenvalue weighted by Gasteiger charge is 2.26. The highest BCUT2D eigenvalue weighted by Crippen LogP contribution is 2.26. The average molecular weight is 391 g/mol. The third-order valence-electron chi connectivity index (χ3n) is 5.26. The number of aryl methyl sites for hydroxylation is 1. The van der Waals surface area contributed by atoms with Crippen LogP contribution in [0.1, 0.15) is 27.7 Å². The Morgan fingerprint density at radius 3 is 2.41 bits per heavy atom. The number of carbonyl (C=O) groups excluding carboxylic acids is 1. The van der Waals surface area contributed by atoms with Crippen molar-refractivity contribution in [2.24, 2.45) is 0 Å². The first kappa shape index (κ1) is 19.4. The fourth-order valence-electron chi connectivity index (χ4n) is 3.73. The second-order valence-electron chi connectivity index (χ2n) is 7.11. The number of nitrogens with zero attached hydrogens (tertiary/aromatic N) is 2. The fraction of sp³-hybridized carbons (Fsp3) is 0.304. The smallest absolute Gasteiger partial charge is 0.257 e. The molecule has 0 bridgehead atoms. The standard InChI is InChI=1S/C23H25N3O3/c1-17-21(22(25-29-17)19-10-6-3-7-11-19)23(27)24-16-20(18-8-4-2-5-9-18)26-12-14-28-15-13-26/h2-11,20H,12-16H2,1H3,(H,24,27). The lowest BCUT2D eigenvalue weighted by atomic mass is 10.0. The van der Waals surface area contributed by atoms with Crippen molar-refractivity contribution in [3.05, 3.63) is 77.6 Å². The van der Waals surface area contributed by atoms with Crippen LogP contribution in [0.15, 0.2) is 65.2 Å². The highest BCUT2D eigenvalue weighted by molar-refractivity contribution is 6.00. The van der Waals surface area contributed by atoms with Gasteiger partial charge in [0.25, 0.3) is 5.91 Å². The molecule has 1 aromatic heterocycles. The van der Waals surface area contributed by atoms with Gasteiger partial charge >= 0.3 is 0 Å². The van der Waals surface area contributed by atoms with Crippen LogP contribution in [0.4, 0.5) is 0 Å². The fourth-order valence-corrected chi connectivity index (χ4v) is 3.73. The van der Waals surface area contributed by atoms with Gasteiger partial charge in [0.15, 0.2) is 0 Å². The SMILES string of the molecule is Cc1onc(-c2ccccc2)c1C(=O)NCC(c1ccccc1)N1CCOCC1. The van der Waals surface area contributed by atoms with Crippen molar-refractivity contribution in [1.29, 1.82) is 0 Å². The Bertz CT molecular complexity index is 935. The second kappa shape index (κ2) is 9.03. The first-order valence-corrected chi connectivity index (χ1v) is 9.90. The molecule has 6 nitrogen and oxygen atoms in total. The van der Waals surface area contributed by atoms with Crippen LogP contribution in [0.25, 0.3) is 11.3 Å². The van der Waals surface area contributed by atoms with Gasteiger partial charge in [0, 0.05) is 25.2 Å². The summed E-state index contributed by atoms with van der Waals surface area (Å²) in [5.74, 6) is 0.348. The minimum atomic E-state index is -0.170. The molecule has 0 radical (unpaired) electrons. The molecule has 29 heavy (non-hydrogen) atoms.